The van der Waals surface area contributed by atoms with Crippen LogP contribution in [0.25, 0.3) is 5.57 Å². The van der Waals surface area contributed by atoms with Crippen LogP contribution in [0.1, 0.15) is 49.7 Å². The zero-order valence-electron chi connectivity index (χ0n) is 20.3. The average Bonchev–Trinajstić information content (AvgIpc) is 2.87. The SMILES string of the molecule is CC1C=C(c2cccnc2)C=[N+](C(CNS(C)(=O)=O)COC2CCC(c3ccccc3)CC2)C1=O. The predicted molar refractivity (Wildman–Crippen MR) is 137 cm³/mol. The normalized spacial score (nSPS) is 23.9. The summed E-state index contributed by atoms with van der Waals surface area (Å²) < 4.78 is 34.2. The molecule has 1 amide bonds. The molecule has 0 radical (unpaired) electrons. The molecule has 0 saturated heterocycles. The number of ether oxygens (including phenoxy) is 1. The molecule has 0 spiro atoms. The van der Waals surface area contributed by atoms with E-state index in [4.69, 9.17) is 4.74 Å². The topological polar surface area (TPSA) is 88.4 Å². The molecule has 186 valence electrons. The van der Waals surface area contributed by atoms with E-state index in [2.05, 4.69) is 34.0 Å². The first-order chi connectivity index (χ1) is 16.8. The summed E-state index contributed by atoms with van der Waals surface area (Å²) in [5, 5.41) is 0. The van der Waals surface area contributed by atoms with Crippen LogP contribution in [0.2, 0.25) is 0 Å². The Hall–Kier alpha value is -2.68. The fourth-order valence-electron chi connectivity index (χ4n) is 4.84. The van der Waals surface area contributed by atoms with E-state index in [0.29, 0.717) is 5.92 Å². The quantitative estimate of drug-likeness (QED) is 0.538. The molecule has 1 aromatic heterocycles. The van der Waals surface area contributed by atoms with Crippen LogP contribution >= 0.6 is 0 Å². The molecule has 2 aromatic rings. The maximum Gasteiger partial charge on any atom is 0.393 e. The fourth-order valence-corrected chi connectivity index (χ4v) is 5.34. The summed E-state index contributed by atoms with van der Waals surface area (Å²) in [6.45, 7) is 2.21. The third-order valence-corrected chi connectivity index (χ3v) is 7.48. The van der Waals surface area contributed by atoms with Crippen LogP contribution < -0.4 is 4.72 Å². The van der Waals surface area contributed by atoms with Gasteiger partial charge in [0.15, 0.2) is 12.3 Å². The molecule has 4 rings (SSSR count). The van der Waals surface area contributed by atoms with Gasteiger partial charge < -0.3 is 4.74 Å². The minimum absolute atomic E-state index is 0.0747. The van der Waals surface area contributed by atoms with Crippen LogP contribution in [0.5, 0.6) is 0 Å². The molecule has 1 aliphatic heterocycles. The standard InChI is InChI=1S/C27H34N3O4S/c1-20-15-24(23-9-6-14-28-16-23)18-30(27(20)31)25(17-29-35(2,32)33)19-34-26-12-10-22(11-13-26)21-7-4-3-5-8-21/h3-9,14-16,18,20,22,25-26,29H,10-13,17,19H2,1-2H3/q+1. The number of pyridine rings is 1. The van der Waals surface area contributed by atoms with E-state index in [-0.39, 0.29) is 31.1 Å². The molecule has 2 unspecified atom stereocenters. The first-order valence-corrected chi connectivity index (χ1v) is 14.1. The number of hydrogen-bond acceptors (Lipinski definition) is 5. The highest BCUT2D eigenvalue weighted by Crippen LogP contribution is 2.34. The van der Waals surface area contributed by atoms with E-state index < -0.39 is 16.1 Å². The van der Waals surface area contributed by atoms with Gasteiger partial charge in [-0.3, -0.25) is 4.98 Å². The van der Waals surface area contributed by atoms with Crippen molar-refractivity contribution in [3.05, 3.63) is 72.1 Å². The highest BCUT2D eigenvalue weighted by Gasteiger charge is 2.36. The van der Waals surface area contributed by atoms with Gasteiger partial charge in [-0.25, -0.2) is 17.9 Å². The summed E-state index contributed by atoms with van der Waals surface area (Å²) in [7, 11) is -3.42. The summed E-state index contributed by atoms with van der Waals surface area (Å²) in [6, 6.07) is 13.9. The monoisotopic (exact) mass is 496 g/mol. The number of amides is 1. The molecule has 2 aliphatic rings. The van der Waals surface area contributed by atoms with Crippen LogP contribution in [0.15, 0.2) is 60.9 Å². The van der Waals surface area contributed by atoms with Gasteiger partial charge in [0, 0.05) is 23.5 Å². The van der Waals surface area contributed by atoms with Gasteiger partial charge in [-0.05, 0) is 50.2 Å². The van der Waals surface area contributed by atoms with E-state index in [9.17, 15) is 13.2 Å². The van der Waals surface area contributed by atoms with Gasteiger partial charge in [0.2, 0.25) is 10.0 Å². The van der Waals surface area contributed by atoms with Crippen molar-refractivity contribution in [1.82, 2.24) is 9.71 Å². The Bertz CT molecular complexity index is 1170. The number of allylic oxidation sites excluding steroid dienone is 1. The van der Waals surface area contributed by atoms with Crippen molar-refractivity contribution >= 4 is 27.7 Å². The number of nitrogens with one attached hydrogen (secondary N) is 1. The smallest absolute Gasteiger partial charge is 0.371 e. The number of aromatic nitrogens is 1. The first-order valence-electron chi connectivity index (χ1n) is 12.2. The van der Waals surface area contributed by atoms with Crippen LogP contribution in [-0.4, -0.2) is 61.7 Å². The van der Waals surface area contributed by atoms with Crippen LogP contribution in [0.4, 0.5) is 0 Å². The lowest BCUT2D eigenvalue weighted by atomic mass is 9.83. The molecule has 8 heteroatoms. The van der Waals surface area contributed by atoms with Gasteiger partial charge in [0.05, 0.1) is 18.9 Å². The molecular formula is C27H34N3O4S+. The number of carbonyl (C=O) groups is 1. The van der Waals surface area contributed by atoms with Gasteiger partial charge in [-0.1, -0.05) is 42.5 Å². The van der Waals surface area contributed by atoms with Gasteiger partial charge in [0.1, 0.15) is 12.5 Å². The molecule has 1 fully saturated rings. The zero-order valence-corrected chi connectivity index (χ0v) is 21.2. The van der Waals surface area contributed by atoms with Crippen molar-refractivity contribution in [1.29, 1.82) is 0 Å². The van der Waals surface area contributed by atoms with E-state index in [1.807, 2.05) is 31.2 Å². The van der Waals surface area contributed by atoms with Crippen molar-refractivity contribution in [3.63, 3.8) is 0 Å². The highest BCUT2D eigenvalue weighted by atomic mass is 32.2. The van der Waals surface area contributed by atoms with E-state index in [1.54, 1.807) is 23.2 Å². The van der Waals surface area contributed by atoms with Gasteiger partial charge >= 0.3 is 5.91 Å². The molecule has 2 heterocycles. The van der Waals surface area contributed by atoms with Crippen molar-refractivity contribution in [2.75, 3.05) is 19.4 Å². The van der Waals surface area contributed by atoms with Crippen molar-refractivity contribution in [2.45, 2.75) is 50.7 Å². The van der Waals surface area contributed by atoms with Gasteiger partial charge in [-0.15, -0.1) is 0 Å². The zero-order chi connectivity index (χ0) is 24.8. The Morgan fingerprint density at radius 2 is 1.86 bits per heavy atom. The number of benzene rings is 1. The second-order valence-corrected chi connectivity index (χ2v) is 11.4. The molecule has 2 atom stereocenters. The van der Waals surface area contributed by atoms with Crippen LogP contribution in [0, 0.1) is 5.92 Å². The minimum Gasteiger partial charge on any atom is -0.371 e. The lowest BCUT2D eigenvalue weighted by Crippen LogP contribution is -2.47. The second kappa shape index (κ2) is 11.4. The average molecular weight is 497 g/mol. The summed E-state index contributed by atoms with van der Waals surface area (Å²) in [5.74, 6) is 0.135. The molecule has 7 nitrogen and oxygen atoms in total. The highest BCUT2D eigenvalue weighted by molar-refractivity contribution is 7.88. The first kappa shape index (κ1) is 25.4. The number of hydrogen-bond donors (Lipinski definition) is 1. The Kier molecular flexibility index (Phi) is 8.26. The van der Waals surface area contributed by atoms with Crippen LogP contribution in [0.3, 0.4) is 0 Å². The third kappa shape index (κ3) is 6.93. The molecule has 1 aliphatic carbocycles. The summed E-state index contributed by atoms with van der Waals surface area (Å²) in [5.41, 5.74) is 3.17. The van der Waals surface area contributed by atoms with Gasteiger partial charge in [-0.2, -0.15) is 4.58 Å². The van der Waals surface area contributed by atoms with Gasteiger partial charge in [0.25, 0.3) is 0 Å². The maximum atomic E-state index is 13.1. The van der Waals surface area contributed by atoms with Crippen molar-refractivity contribution in [2.24, 2.45) is 5.92 Å². The van der Waals surface area contributed by atoms with E-state index >= 15 is 0 Å². The number of sulfonamides is 1. The fraction of sp³-hybridized carbons (Fsp3) is 0.444. The Morgan fingerprint density at radius 1 is 1.11 bits per heavy atom. The molecule has 1 aromatic carbocycles. The largest absolute Gasteiger partial charge is 0.393 e. The molecule has 35 heavy (non-hydrogen) atoms. The number of carbonyl (C=O) groups excluding carboxylic acids is 1. The van der Waals surface area contributed by atoms with E-state index in [0.717, 1.165) is 43.1 Å². The van der Waals surface area contributed by atoms with E-state index in [1.165, 1.54) is 5.56 Å². The Morgan fingerprint density at radius 3 is 2.51 bits per heavy atom. The Balaban J connectivity index is 1.46. The summed E-state index contributed by atoms with van der Waals surface area (Å²) >= 11 is 0. The number of rotatable bonds is 9. The third-order valence-electron chi connectivity index (χ3n) is 6.79. The summed E-state index contributed by atoms with van der Waals surface area (Å²) in [6.07, 6.45) is 12.4. The number of nitrogens with zero attached hydrogens (tertiary/aromatic N) is 2. The van der Waals surface area contributed by atoms with Crippen LogP contribution in [-0.2, 0) is 19.6 Å². The molecule has 1 saturated carbocycles. The minimum atomic E-state index is -3.42. The maximum absolute atomic E-state index is 13.1. The van der Waals surface area contributed by atoms with Crippen molar-refractivity contribution < 1.29 is 22.5 Å². The molecule has 1 N–H and O–H groups in total. The molecule has 0 bridgehead atoms. The Labute approximate surface area is 208 Å². The second-order valence-electron chi connectivity index (χ2n) is 9.52. The molecular weight excluding hydrogens is 462 g/mol. The van der Waals surface area contributed by atoms with Crippen molar-refractivity contribution in [3.8, 4) is 0 Å². The summed E-state index contributed by atoms with van der Waals surface area (Å²) in [4.78, 5) is 17.3. The lowest BCUT2D eigenvalue weighted by molar-refractivity contribution is -0.490. The predicted octanol–water partition coefficient (Wildman–Crippen LogP) is 3.39. The lowest BCUT2D eigenvalue weighted by Gasteiger charge is -2.29.